The maximum atomic E-state index is 11.4. The molecule has 0 rings (SSSR count). The molecule has 0 bridgehead atoms. The first-order valence-electron chi connectivity index (χ1n) is 5.32. The van der Waals surface area contributed by atoms with Gasteiger partial charge in [0.2, 0.25) is 0 Å². The zero-order valence-corrected chi connectivity index (χ0v) is 13.4. The van der Waals surface area contributed by atoms with Gasteiger partial charge in [-0.05, 0) is 25.7 Å². The monoisotopic (exact) mass is 422 g/mol. The summed E-state index contributed by atoms with van der Waals surface area (Å²) in [6.45, 7) is 4.39. The largest absolute Gasteiger partial charge is 0.300 e. The van der Waals surface area contributed by atoms with Crippen LogP contribution in [0.4, 0.5) is 0 Å². The van der Waals surface area contributed by atoms with Gasteiger partial charge in [-0.2, -0.15) is 0 Å². The number of halogens is 2. The van der Waals surface area contributed by atoms with Crippen molar-refractivity contribution in [2.75, 3.05) is 0 Å². The topological polar surface area (TPSA) is 17.1 Å². The molecule has 2 unspecified atom stereocenters. The molecule has 0 aromatic rings. The fraction of sp³-hybridized carbons (Fsp3) is 0.909. The third-order valence-corrected chi connectivity index (χ3v) is 3.36. The number of alkyl halides is 2. The normalized spacial score (nSPS) is 15.1. The Morgan fingerprint density at radius 1 is 1.00 bits per heavy atom. The lowest BCUT2D eigenvalue weighted by Crippen LogP contribution is -2.01. The predicted octanol–water partition coefficient (Wildman–Crippen LogP) is 4.54. The van der Waals surface area contributed by atoms with E-state index in [1.807, 2.05) is 0 Å². The lowest BCUT2D eigenvalue weighted by Gasteiger charge is -2.04. The second kappa shape index (κ2) is 9.36. The fourth-order valence-corrected chi connectivity index (χ4v) is 2.17. The Morgan fingerprint density at radius 2 is 1.36 bits per heavy atom. The van der Waals surface area contributed by atoms with E-state index in [1.54, 1.807) is 0 Å². The Morgan fingerprint density at radius 3 is 1.64 bits per heavy atom. The van der Waals surface area contributed by atoms with Gasteiger partial charge in [-0.15, -0.1) is 0 Å². The van der Waals surface area contributed by atoms with Crippen LogP contribution in [0.3, 0.4) is 0 Å². The molecule has 0 N–H and O–H groups in total. The first-order chi connectivity index (χ1) is 6.52. The Hall–Kier alpha value is 1.13. The number of rotatable bonds is 8. The van der Waals surface area contributed by atoms with Crippen LogP contribution in [0.1, 0.15) is 52.4 Å². The fourth-order valence-electron chi connectivity index (χ4n) is 1.29. The van der Waals surface area contributed by atoms with Crippen LogP contribution in [0.15, 0.2) is 0 Å². The summed E-state index contributed by atoms with van der Waals surface area (Å²) >= 11 is 4.83. The number of carbonyl (C=O) groups is 1. The molecule has 0 fully saturated rings. The van der Waals surface area contributed by atoms with Crippen LogP contribution in [-0.4, -0.2) is 13.6 Å². The third kappa shape index (κ3) is 11.2. The van der Waals surface area contributed by atoms with E-state index in [0.29, 0.717) is 13.6 Å². The summed E-state index contributed by atoms with van der Waals surface area (Å²) in [6.07, 6.45) is 6.08. The van der Waals surface area contributed by atoms with Crippen LogP contribution in [0.5, 0.6) is 0 Å². The molecule has 0 aromatic heterocycles. The SMILES string of the molecule is CC(I)CCCC(=O)CCCC(C)I. The van der Waals surface area contributed by atoms with Crippen molar-refractivity contribution in [1.82, 2.24) is 0 Å². The Kier molecular flexibility index (Phi) is 10.1. The molecule has 84 valence electrons. The number of hydrogen-bond donors (Lipinski definition) is 0. The molecule has 0 amide bonds. The molecule has 0 aliphatic carbocycles. The molecule has 0 heterocycles. The maximum absolute atomic E-state index is 11.4. The summed E-state index contributed by atoms with van der Waals surface area (Å²) in [7, 11) is 0. The van der Waals surface area contributed by atoms with Crippen LogP contribution in [0, 0.1) is 0 Å². The standard InChI is InChI=1S/C11H20I2O/c1-9(12)5-3-7-11(14)8-4-6-10(2)13/h9-10H,3-8H2,1-2H3. The Labute approximate surface area is 115 Å². The minimum Gasteiger partial charge on any atom is -0.300 e. The molecule has 14 heavy (non-hydrogen) atoms. The number of hydrogen-bond acceptors (Lipinski definition) is 1. The van der Waals surface area contributed by atoms with Crippen molar-refractivity contribution in [3.8, 4) is 0 Å². The van der Waals surface area contributed by atoms with Gasteiger partial charge in [-0.25, -0.2) is 0 Å². The summed E-state index contributed by atoms with van der Waals surface area (Å²) in [5.74, 6) is 0.458. The first-order valence-corrected chi connectivity index (χ1v) is 7.81. The quantitative estimate of drug-likeness (QED) is 0.415. The van der Waals surface area contributed by atoms with Crippen LogP contribution in [-0.2, 0) is 4.79 Å². The van der Waals surface area contributed by atoms with E-state index in [0.717, 1.165) is 25.7 Å². The average molecular weight is 422 g/mol. The van der Waals surface area contributed by atoms with E-state index in [2.05, 4.69) is 59.0 Å². The average Bonchev–Trinajstić information content (AvgIpc) is 2.02. The van der Waals surface area contributed by atoms with Crippen molar-refractivity contribution in [3.05, 3.63) is 0 Å². The highest BCUT2D eigenvalue weighted by Crippen LogP contribution is 2.13. The second-order valence-electron chi connectivity index (χ2n) is 3.88. The molecule has 0 saturated heterocycles. The van der Waals surface area contributed by atoms with E-state index in [9.17, 15) is 4.79 Å². The Bertz CT molecular complexity index is 139. The molecule has 0 aliphatic rings. The van der Waals surface area contributed by atoms with Crippen molar-refractivity contribution >= 4 is 51.0 Å². The minimum absolute atomic E-state index is 0.458. The van der Waals surface area contributed by atoms with Gasteiger partial charge in [0.25, 0.3) is 0 Å². The second-order valence-corrected chi connectivity index (χ2v) is 8.14. The minimum atomic E-state index is 0.458. The number of carbonyl (C=O) groups excluding carboxylic acids is 1. The number of ketones is 1. The maximum Gasteiger partial charge on any atom is 0.132 e. The van der Waals surface area contributed by atoms with Crippen molar-refractivity contribution in [2.24, 2.45) is 0 Å². The molecule has 0 saturated carbocycles. The van der Waals surface area contributed by atoms with Crippen molar-refractivity contribution in [2.45, 2.75) is 60.2 Å². The summed E-state index contributed by atoms with van der Waals surface area (Å²) in [6, 6.07) is 0. The molecule has 1 nitrogen and oxygen atoms in total. The molecule has 0 aromatic carbocycles. The van der Waals surface area contributed by atoms with Crippen molar-refractivity contribution in [1.29, 1.82) is 0 Å². The van der Waals surface area contributed by atoms with Crippen LogP contribution < -0.4 is 0 Å². The molecule has 0 aliphatic heterocycles. The predicted molar refractivity (Wildman–Crippen MR) is 79.7 cm³/mol. The highest BCUT2D eigenvalue weighted by molar-refractivity contribution is 14.1. The summed E-state index contributed by atoms with van der Waals surface area (Å²) in [4.78, 5) is 11.4. The highest BCUT2D eigenvalue weighted by Gasteiger charge is 2.04. The van der Waals surface area contributed by atoms with E-state index in [-0.39, 0.29) is 0 Å². The van der Waals surface area contributed by atoms with E-state index >= 15 is 0 Å². The lowest BCUT2D eigenvalue weighted by molar-refractivity contribution is -0.119. The van der Waals surface area contributed by atoms with Crippen LogP contribution in [0.25, 0.3) is 0 Å². The first kappa shape index (κ1) is 15.1. The molecule has 0 radical (unpaired) electrons. The summed E-state index contributed by atoms with van der Waals surface area (Å²) in [5, 5.41) is 0. The molecule has 3 heteroatoms. The van der Waals surface area contributed by atoms with Gasteiger partial charge in [-0.1, -0.05) is 59.0 Å². The van der Waals surface area contributed by atoms with Gasteiger partial charge >= 0.3 is 0 Å². The summed E-state index contributed by atoms with van der Waals surface area (Å²) in [5.41, 5.74) is 0. The van der Waals surface area contributed by atoms with Crippen molar-refractivity contribution in [3.63, 3.8) is 0 Å². The van der Waals surface area contributed by atoms with Crippen LogP contribution in [0.2, 0.25) is 0 Å². The van der Waals surface area contributed by atoms with Gasteiger partial charge in [0.15, 0.2) is 0 Å². The highest BCUT2D eigenvalue weighted by atomic mass is 127. The van der Waals surface area contributed by atoms with Gasteiger partial charge in [0, 0.05) is 20.7 Å². The van der Waals surface area contributed by atoms with Gasteiger partial charge in [-0.3, -0.25) is 4.79 Å². The van der Waals surface area contributed by atoms with Gasteiger partial charge in [0.1, 0.15) is 5.78 Å². The Balaban J connectivity index is 3.28. The summed E-state index contributed by atoms with van der Waals surface area (Å²) < 4.78 is 1.41. The van der Waals surface area contributed by atoms with Crippen molar-refractivity contribution < 1.29 is 4.79 Å². The van der Waals surface area contributed by atoms with E-state index in [4.69, 9.17) is 0 Å². The van der Waals surface area contributed by atoms with Gasteiger partial charge < -0.3 is 0 Å². The molecule has 0 spiro atoms. The third-order valence-electron chi connectivity index (χ3n) is 2.12. The smallest absolute Gasteiger partial charge is 0.132 e. The zero-order chi connectivity index (χ0) is 11.0. The molecule has 2 atom stereocenters. The lowest BCUT2D eigenvalue weighted by atomic mass is 10.1. The van der Waals surface area contributed by atoms with E-state index in [1.165, 1.54) is 12.8 Å². The molecular weight excluding hydrogens is 402 g/mol. The zero-order valence-electron chi connectivity index (χ0n) is 9.06. The molecular formula is C11H20I2O. The van der Waals surface area contributed by atoms with Gasteiger partial charge in [0.05, 0.1) is 0 Å². The van der Waals surface area contributed by atoms with Crippen LogP contribution >= 0.6 is 45.2 Å². The number of Topliss-reactive ketones (excluding diaryl/α,β-unsaturated/α-hetero) is 1. The van der Waals surface area contributed by atoms with E-state index < -0.39 is 0 Å².